The summed E-state index contributed by atoms with van der Waals surface area (Å²) in [5.74, 6) is 2.30. The molecule has 0 aromatic heterocycles. The van der Waals surface area contributed by atoms with Crippen molar-refractivity contribution in [1.82, 2.24) is 0 Å². The van der Waals surface area contributed by atoms with Gasteiger partial charge in [0.05, 0.1) is 6.10 Å². The Hall–Kier alpha value is -0.0400. The number of rotatable bonds is 9. The Morgan fingerprint density at radius 2 is 1.75 bits per heavy atom. The predicted octanol–water partition coefficient (Wildman–Crippen LogP) is 7.22. The molecule has 0 amide bonds. The molecule has 0 saturated heterocycles. The summed E-state index contributed by atoms with van der Waals surface area (Å²) in [5, 5.41) is 10.3. The van der Waals surface area contributed by atoms with Crippen molar-refractivity contribution in [1.29, 1.82) is 0 Å². The normalized spacial score (nSPS) is 30.4. The monoisotopic (exact) mass is 338 g/mol. The van der Waals surface area contributed by atoms with Gasteiger partial charge in [-0.05, 0) is 67.1 Å². The Balaban J connectivity index is 3.10. The van der Waals surface area contributed by atoms with Gasteiger partial charge in [0.2, 0.25) is 0 Å². The Kier molecular flexibility index (Phi) is 8.80. The fourth-order valence-corrected chi connectivity index (χ4v) is 5.12. The molecule has 0 radical (unpaired) electrons. The Bertz CT molecular complexity index is 346. The number of aliphatic hydroxyl groups is 1. The van der Waals surface area contributed by atoms with Crippen LogP contribution in [0, 0.1) is 28.6 Å². The van der Waals surface area contributed by atoms with Gasteiger partial charge >= 0.3 is 0 Å². The molecule has 1 heteroatoms. The van der Waals surface area contributed by atoms with E-state index in [1.807, 2.05) is 0 Å². The third kappa shape index (κ3) is 6.04. The van der Waals surface area contributed by atoms with Crippen molar-refractivity contribution in [2.45, 2.75) is 119 Å². The molecule has 0 spiro atoms. The molecule has 1 nitrogen and oxygen atoms in total. The van der Waals surface area contributed by atoms with Gasteiger partial charge in [0.1, 0.15) is 0 Å². The summed E-state index contributed by atoms with van der Waals surface area (Å²) >= 11 is 0. The molecule has 0 heterocycles. The van der Waals surface area contributed by atoms with E-state index in [4.69, 9.17) is 0 Å². The van der Waals surface area contributed by atoms with Gasteiger partial charge in [-0.3, -0.25) is 0 Å². The van der Waals surface area contributed by atoms with Gasteiger partial charge in [0.25, 0.3) is 0 Å². The molecule has 1 saturated carbocycles. The minimum atomic E-state index is -0.0649. The van der Waals surface area contributed by atoms with Crippen LogP contribution in [0.15, 0.2) is 0 Å². The Morgan fingerprint density at radius 1 is 1.08 bits per heavy atom. The average molecular weight is 339 g/mol. The van der Waals surface area contributed by atoms with Crippen LogP contribution in [0.5, 0.6) is 0 Å². The largest absolute Gasteiger partial charge is 0.393 e. The second-order valence-electron chi connectivity index (χ2n) is 10.1. The molecule has 4 unspecified atom stereocenters. The molecule has 0 aromatic carbocycles. The van der Waals surface area contributed by atoms with Crippen LogP contribution in [0.2, 0.25) is 0 Å². The Labute approximate surface area is 153 Å². The molecule has 1 aliphatic rings. The zero-order valence-corrected chi connectivity index (χ0v) is 17.8. The highest BCUT2D eigenvalue weighted by atomic mass is 16.3. The van der Waals surface area contributed by atoms with Crippen LogP contribution in [0.3, 0.4) is 0 Å². The zero-order valence-electron chi connectivity index (χ0n) is 17.8. The molecular weight excluding hydrogens is 292 g/mol. The predicted molar refractivity (Wildman–Crippen MR) is 107 cm³/mol. The summed E-state index contributed by atoms with van der Waals surface area (Å²) in [7, 11) is 0. The highest BCUT2D eigenvalue weighted by molar-refractivity contribution is 4.95. The van der Waals surface area contributed by atoms with E-state index in [1.165, 1.54) is 51.4 Å². The van der Waals surface area contributed by atoms with E-state index >= 15 is 0 Å². The smallest absolute Gasteiger partial charge is 0.0540 e. The van der Waals surface area contributed by atoms with Crippen LogP contribution in [0.25, 0.3) is 0 Å². The van der Waals surface area contributed by atoms with E-state index in [0.29, 0.717) is 10.8 Å². The quantitative estimate of drug-likeness (QED) is 0.347. The van der Waals surface area contributed by atoms with Crippen molar-refractivity contribution in [3.63, 3.8) is 0 Å². The second kappa shape index (κ2) is 9.60. The summed E-state index contributed by atoms with van der Waals surface area (Å²) in [6.07, 6.45) is 12.4. The lowest BCUT2D eigenvalue weighted by Crippen LogP contribution is -2.40. The third-order valence-corrected chi connectivity index (χ3v) is 7.23. The lowest BCUT2D eigenvalue weighted by atomic mass is 9.57. The van der Waals surface area contributed by atoms with Gasteiger partial charge in [-0.1, -0.05) is 74.1 Å². The van der Waals surface area contributed by atoms with Gasteiger partial charge < -0.3 is 5.11 Å². The van der Waals surface area contributed by atoms with Crippen molar-refractivity contribution >= 4 is 0 Å². The second-order valence-corrected chi connectivity index (χ2v) is 10.1. The fraction of sp³-hybridized carbons (Fsp3) is 1.00. The molecule has 0 aromatic rings. The van der Waals surface area contributed by atoms with Crippen LogP contribution >= 0.6 is 0 Å². The molecule has 144 valence electrons. The highest BCUT2D eigenvalue weighted by Crippen LogP contribution is 2.53. The first-order valence-electron chi connectivity index (χ1n) is 10.8. The van der Waals surface area contributed by atoms with Gasteiger partial charge in [0, 0.05) is 0 Å². The van der Waals surface area contributed by atoms with Gasteiger partial charge in [0.15, 0.2) is 0 Å². The van der Waals surface area contributed by atoms with Crippen molar-refractivity contribution in [3.8, 4) is 0 Å². The minimum absolute atomic E-state index is 0.0649. The van der Waals surface area contributed by atoms with Crippen LogP contribution in [0.4, 0.5) is 0 Å². The van der Waals surface area contributed by atoms with E-state index < -0.39 is 0 Å². The highest BCUT2D eigenvalue weighted by Gasteiger charge is 2.45. The summed E-state index contributed by atoms with van der Waals surface area (Å²) in [4.78, 5) is 0. The average Bonchev–Trinajstić information content (AvgIpc) is 2.65. The summed E-state index contributed by atoms with van der Waals surface area (Å²) in [5.41, 5.74) is 0.814. The van der Waals surface area contributed by atoms with E-state index in [0.717, 1.165) is 30.6 Å². The van der Waals surface area contributed by atoms with Gasteiger partial charge in [-0.25, -0.2) is 0 Å². The fourth-order valence-electron chi connectivity index (χ4n) is 5.12. The maximum absolute atomic E-state index is 10.3. The number of unbranched alkanes of at least 4 members (excludes halogenated alkanes) is 2. The van der Waals surface area contributed by atoms with Crippen molar-refractivity contribution < 1.29 is 5.11 Å². The molecular formula is C23H46O. The third-order valence-electron chi connectivity index (χ3n) is 7.23. The number of aliphatic hydroxyl groups excluding tert-OH is 1. The van der Waals surface area contributed by atoms with E-state index in [9.17, 15) is 5.11 Å². The summed E-state index contributed by atoms with van der Waals surface area (Å²) in [6.45, 7) is 17.0. The maximum Gasteiger partial charge on any atom is 0.0540 e. The van der Waals surface area contributed by atoms with Gasteiger partial charge in [-0.15, -0.1) is 0 Å². The molecule has 1 aliphatic carbocycles. The van der Waals surface area contributed by atoms with E-state index in [1.54, 1.807) is 0 Å². The van der Waals surface area contributed by atoms with Crippen LogP contribution < -0.4 is 0 Å². The molecule has 1 fully saturated rings. The maximum atomic E-state index is 10.3. The van der Waals surface area contributed by atoms with Crippen molar-refractivity contribution in [2.75, 3.05) is 0 Å². The van der Waals surface area contributed by atoms with E-state index in [-0.39, 0.29) is 6.10 Å². The van der Waals surface area contributed by atoms with Crippen LogP contribution in [-0.2, 0) is 0 Å². The first kappa shape index (κ1) is 22.0. The number of hydrogen-bond acceptors (Lipinski definition) is 1. The minimum Gasteiger partial charge on any atom is -0.393 e. The molecule has 0 bridgehead atoms. The standard InChI is InChI=1S/C23H46O/c1-8-10-11-15-23(7)16-14-19(24)12-13-20(23)21(17-18(3)4)22(5,6)9-2/h18-21,24H,8-17H2,1-7H3. The molecule has 1 rings (SSSR count). The van der Waals surface area contributed by atoms with Crippen molar-refractivity contribution in [3.05, 3.63) is 0 Å². The van der Waals surface area contributed by atoms with Crippen LogP contribution in [-0.4, -0.2) is 11.2 Å². The topological polar surface area (TPSA) is 20.2 Å². The van der Waals surface area contributed by atoms with E-state index in [2.05, 4.69) is 48.5 Å². The molecule has 0 aliphatic heterocycles. The van der Waals surface area contributed by atoms with Crippen LogP contribution in [0.1, 0.15) is 113 Å². The number of hydrogen-bond donors (Lipinski definition) is 1. The Morgan fingerprint density at radius 3 is 2.29 bits per heavy atom. The summed E-state index contributed by atoms with van der Waals surface area (Å²) in [6, 6.07) is 0. The first-order valence-corrected chi connectivity index (χ1v) is 10.8. The first-order chi connectivity index (χ1) is 11.2. The van der Waals surface area contributed by atoms with Gasteiger partial charge in [-0.2, -0.15) is 0 Å². The molecule has 1 N–H and O–H groups in total. The SMILES string of the molecule is CCCCCC1(C)CCC(O)CCC1C(CC(C)C)C(C)(C)CC. The lowest BCUT2D eigenvalue weighted by molar-refractivity contribution is 0.0114. The molecule has 4 atom stereocenters. The van der Waals surface area contributed by atoms with Crippen molar-refractivity contribution in [2.24, 2.45) is 28.6 Å². The molecule has 24 heavy (non-hydrogen) atoms. The zero-order chi connectivity index (χ0) is 18.4. The summed E-state index contributed by atoms with van der Waals surface area (Å²) < 4.78 is 0. The lowest BCUT2D eigenvalue weighted by Gasteiger charge is -2.48.